The number of hydrogen-bond donors (Lipinski definition) is 0. The first-order valence-electron chi connectivity index (χ1n) is 6.88. The highest BCUT2D eigenvalue weighted by Gasteiger charge is 2.21. The summed E-state index contributed by atoms with van der Waals surface area (Å²) in [7, 11) is 0. The van der Waals surface area contributed by atoms with Gasteiger partial charge in [0.05, 0.1) is 17.0 Å². The quantitative estimate of drug-likeness (QED) is 0.601. The second-order valence-electron chi connectivity index (χ2n) is 5.25. The fourth-order valence-electron chi connectivity index (χ4n) is 2.22. The van der Waals surface area contributed by atoms with Crippen LogP contribution in [0.15, 0.2) is 12.3 Å². The van der Waals surface area contributed by atoms with Gasteiger partial charge in [0.2, 0.25) is 0 Å². The molecule has 1 aliphatic rings. The van der Waals surface area contributed by atoms with E-state index in [1.54, 1.807) is 6.20 Å². The van der Waals surface area contributed by atoms with Gasteiger partial charge in [0.25, 0.3) is 0 Å². The molecule has 0 aromatic carbocycles. The Labute approximate surface area is 128 Å². The Kier molecular flexibility index (Phi) is 4.15. The van der Waals surface area contributed by atoms with Crippen molar-refractivity contribution >= 4 is 34.4 Å². The van der Waals surface area contributed by atoms with Crippen LogP contribution < -0.4 is 0 Å². The fourth-order valence-corrected chi connectivity index (χ4v) is 2.54. The van der Waals surface area contributed by atoms with Crippen LogP contribution in [0.3, 0.4) is 0 Å². The molecule has 0 radical (unpaired) electrons. The molecular weight excluding hydrogens is 297 g/mol. The number of ether oxygens (including phenoxy) is 1. The molecule has 0 saturated heterocycles. The molecule has 2 aromatic rings. The van der Waals surface area contributed by atoms with Gasteiger partial charge in [-0.3, -0.25) is 0 Å². The van der Waals surface area contributed by atoms with E-state index < -0.39 is 0 Å². The van der Waals surface area contributed by atoms with E-state index in [-0.39, 0.29) is 5.38 Å². The van der Waals surface area contributed by atoms with Gasteiger partial charge in [0, 0.05) is 19.3 Å². The van der Waals surface area contributed by atoms with Crippen molar-refractivity contribution in [2.75, 3.05) is 13.2 Å². The number of hydrogen-bond acceptors (Lipinski definition) is 3. The van der Waals surface area contributed by atoms with Gasteiger partial charge in [0.1, 0.15) is 11.3 Å². The Hall–Kier alpha value is -0.840. The van der Waals surface area contributed by atoms with Crippen molar-refractivity contribution in [2.45, 2.75) is 31.7 Å². The molecule has 2 heterocycles. The van der Waals surface area contributed by atoms with Crippen molar-refractivity contribution in [1.29, 1.82) is 0 Å². The van der Waals surface area contributed by atoms with Crippen LogP contribution in [0.2, 0.25) is 5.02 Å². The van der Waals surface area contributed by atoms with Crippen LogP contribution >= 0.6 is 23.2 Å². The lowest BCUT2D eigenvalue weighted by molar-refractivity contribution is 0.117. The lowest BCUT2D eigenvalue weighted by Gasteiger charge is -2.10. The van der Waals surface area contributed by atoms with Crippen LogP contribution in [0, 0.1) is 5.92 Å². The summed E-state index contributed by atoms with van der Waals surface area (Å²) in [6.45, 7) is 4.14. The monoisotopic (exact) mass is 313 g/mol. The van der Waals surface area contributed by atoms with Crippen LogP contribution in [-0.4, -0.2) is 27.7 Å². The Bertz CT molecular complexity index is 608. The second-order valence-corrected chi connectivity index (χ2v) is 6.34. The first-order chi connectivity index (χ1) is 9.65. The van der Waals surface area contributed by atoms with Crippen molar-refractivity contribution in [1.82, 2.24) is 14.5 Å². The topological polar surface area (TPSA) is 39.9 Å². The maximum Gasteiger partial charge on any atom is 0.160 e. The third-order valence-electron chi connectivity index (χ3n) is 3.45. The summed E-state index contributed by atoms with van der Waals surface area (Å²) in [6, 6.07) is 1.81. The number of pyridine rings is 1. The SMILES string of the molecule is CC(Cl)c1nc2cc(Cl)cnc2n1CCOCC1CC1. The van der Waals surface area contributed by atoms with E-state index in [1.807, 2.05) is 17.6 Å². The van der Waals surface area contributed by atoms with Crippen LogP contribution in [0.5, 0.6) is 0 Å². The molecule has 0 bridgehead atoms. The van der Waals surface area contributed by atoms with E-state index in [0.717, 1.165) is 29.5 Å². The van der Waals surface area contributed by atoms with Crippen molar-refractivity contribution in [3.63, 3.8) is 0 Å². The van der Waals surface area contributed by atoms with E-state index in [9.17, 15) is 0 Å². The first-order valence-corrected chi connectivity index (χ1v) is 7.70. The molecule has 20 heavy (non-hydrogen) atoms. The first kappa shape index (κ1) is 14.1. The summed E-state index contributed by atoms with van der Waals surface area (Å²) >= 11 is 12.2. The fraction of sp³-hybridized carbons (Fsp3) is 0.571. The number of nitrogens with zero attached hydrogens (tertiary/aromatic N) is 3. The minimum Gasteiger partial charge on any atom is -0.379 e. The van der Waals surface area contributed by atoms with Crippen LogP contribution in [0.4, 0.5) is 0 Å². The zero-order valence-electron chi connectivity index (χ0n) is 11.4. The average molecular weight is 314 g/mol. The van der Waals surface area contributed by atoms with Gasteiger partial charge in [-0.05, 0) is 31.7 Å². The molecule has 6 heteroatoms. The number of fused-ring (bicyclic) bond motifs is 1. The summed E-state index contributed by atoms with van der Waals surface area (Å²) < 4.78 is 7.72. The predicted octanol–water partition coefficient (Wildman–Crippen LogP) is 3.81. The molecule has 0 spiro atoms. The molecule has 108 valence electrons. The van der Waals surface area contributed by atoms with Crippen molar-refractivity contribution < 1.29 is 4.74 Å². The molecule has 1 atom stereocenters. The highest BCUT2D eigenvalue weighted by atomic mass is 35.5. The lowest BCUT2D eigenvalue weighted by Crippen LogP contribution is -2.11. The second kappa shape index (κ2) is 5.88. The molecule has 1 fully saturated rings. The Morgan fingerprint density at radius 1 is 1.50 bits per heavy atom. The van der Waals surface area contributed by atoms with Gasteiger partial charge in [-0.1, -0.05) is 11.6 Å². The maximum absolute atomic E-state index is 6.21. The number of halogens is 2. The minimum absolute atomic E-state index is 0.175. The summed E-state index contributed by atoms with van der Waals surface area (Å²) in [6.07, 6.45) is 4.24. The van der Waals surface area contributed by atoms with Gasteiger partial charge < -0.3 is 9.30 Å². The average Bonchev–Trinajstić information content (AvgIpc) is 3.15. The van der Waals surface area contributed by atoms with Crippen LogP contribution in [0.1, 0.15) is 31.0 Å². The third kappa shape index (κ3) is 3.08. The lowest BCUT2D eigenvalue weighted by atomic mass is 10.4. The third-order valence-corrected chi connectivity index (χ3v) is 3.85. The maximum atomic E-state index is 6.21. The molecule has 1 saturated carbocycles. The van der Waals surface area contributed by atoms with E-state index >= 15 is 0 Å². The van der Waals surface area contributed by atoms with Crippen LogP contribution in [-0.2, 0) is 11.3 Å². The van der Waals surface area contributed by atoms with Gasteiger partial charge in [-0.15, -0.1) is 11.6 Å². The van der Waals surface area contributed by atoms with E-state index in [1.165, 1.54) is 12.8 Å². The molecule has 0 amide bonds. The molecule has 2 aromatic heterocycles. The zero-order chi connectivity index (χ0) is 14.1. The number of aromatic nitrogens is 3. The number of rotatable bonds is 6. The number of imidazole rings is 1. The highest BCUT2D eigenvalue weighted by Crippen LogP contribution is 2.29. The minimum atomic E-state index is -0.175. The number of alkyl halides is 1. The summed E-state index contributed by atoms with van der Waals surface area (Å²) in [4.78, 5) is 8.89. The van der Waals surface area contributed by atoms with E-state index in [2.05, 4.69) is 9.97 Å². The summed E-state index contributed by atoms with van der Waals surface area (Å²) in [5.41, 5.74) is 1.59. The van der Waals surface area contributed by atoms with Crippen LogP contribution in [0.25, 0.3) is 11.2 Å². The van der Waals surface area contributed by atoms with Gasteiger partial charge in [-0.25, -0.2) is 9.97 Å². The van der Waals surface area contributed by atoms with E-state index in [4.69, 9.17) is 27.9 Å². The van der Waals surface area contributed by atoms with Crippen molar-refractivity contribution in [3.05, 3.63) is 23.1 Å². The molecular formula is C14H17Cl2N3O. The molecule has 1 unspecified atom stereocenters. The van der Waals surface area contributed by atoms with Gasteiger partial charge >= 0.3 is 0 Å². The smallest absolute Gasteiger partial charge is 0.160 e. The van der Waals surface area contributed by atoms with E-state index in [0.29, 0.717) is 18.2 Å². The Morgan fingerprint density at radius 3 is 3.00 bits per heavy atom. The van der Waals surface area contributed by atoms with Crippen molar-refractivity contribution in [2.24, 2.45) is 5.92 Å². The largest absolute Gasteiger partial charge is 0.379 e. The molecule has 0 N–H and O–H groups in total. The zero-order valence-corrected chi connectivity index (χ0v) is 12.9. The normalized spacial score (nSPS) is 16.8. The van der Waals surface area contributed by atoms with Crippen molar-refractivity contribution in [3.8, 4) is 0 Å². The standard InChI is InChI=1S/C14H17Cl2N3O/c1-9(15)13-18-12-6-11(16)7-17-14(12)19(13)4-5-20-8-10-2-3-10/h6-7,9-10H,2-5,8H2,1H3. The van der Waals surface area contributed by atoms with Gasteiger partial charge in [0.15, 0.2) is 5.65 Å². The molecule has 4 nitrogen and oxygen atoms in total. The Balaban J connectivity index is 1.80. The summed E-state index contributed by atoms with van der Waals surface area (Å²) in [5.74, 6) is 1.59. The van der Waals surface area contributed by atoms with Gasteiger partial charge in [-0.2, -0.15) is 0 Å². The Morgan fingerprint density at radius 2 is 2.30 bits per heavy atom. The molecule has 3 rings (SSSR count). The molecule has 1 aliphatic carbocycles. The molecule has 0 aliphatic heterocycles. The predicted molar refractivity (Wildman–Crippen MR) is 80.3 cm³/mol. The summed E-state index contributed by atoms with van der Waals surface area (Å²) in [5, 5.41) is 0.410. The highest BCUT2D eigenvalue weighted by molar-refractivity contribution is 6.31.